The van der Waals surface area contributed by atoms with E-state index in [1.54, 1.807) is 13.2 Å². The minimum absolute atomic E-state index is 0.440. The molecule has 0 radical (unpaired) electrons. The number of aliphatic imine (C=N–C) groups is 1. The quantitative estimate of drug-likeness (QED) is 0.513. The van der Waals surface area contributed by atoms with Crippen LogP contribution in [0, 0.1) is 0 Å². The molecule has 8 heteroatoms. The molecule has 0 unspecified atom stereocenters. The molecular weight excluding hydrogens is 342 g/mol. The number of guanidine groups is 1. The molecule has 27 heavy (non-hydrogen) atoms. The Morgan fingerprint density at radius 1 is 1.15 bits per heavy atom. The van der Waals surface area contributed by atoms with E-state index in [2.05, 4.69) is 63.3 Å². The Labute approximate surface area is 161 Å². The van der Waals surface area contributed by atoms with Crippen molar-refractivity contribution >= 4 is 5.96 Å². The second-order valence-corrected chi connectivity index (χ2v) is 6.83. The minimum atomic E-state index is 0.440. The number of nitrogens with one attached hydrogen (secondary N) is 2. The summed E-state index contributed by atoms with van der Waals surface area (Å²) in [5, 5.41) is 10.6. The fourth-order valence-electron chi connectivity index (χ4n) is 2.88. The van der Waals surface area contributed by atoms with E-state index in [9.17, 15) is 0 Å². The third-order valence-electron chi connectivity index (χ3n) is 4.21. The molecule has 2 heterocycles. The van der Waals surface area contributed by atoms with Crippen LogP contribution in [0.3, 0.4) is 0 Å². The van der Waals surface area contributed by atoms with Crippen LogP contribution in [-0.2, 0) is 6.42 Å². The summed E-state index contributed by atoms with van der Waals surface area (Å²) in [6.07, 6.45) is 2.34. The highest BCUT2D eigenvalue weighted by Crippen LogP contribution is 2.13. The Morgan fingerprint density at radius 3 is 2.52 bits per heavy atom. The van der Waals surface area contributed by atoms with Gasteiger partial charge < -0.3 is 15.2 Å². The summed E-state index contributed by atoms with van der Waals surface area (Å²) in [5.74, 6) is 1.86. The highest BCUT2D eigenvalue weighted by molar-refractivity contribution is 5.79. The first-order valence-electron chi connectivity index (χ1n) is 9.45. The number of aromatic nitrogens is 3. The van der Waals surface area contributed by atoms with E-state index in [4.69, 9.17) is 4.52 Å². The average Bonchev–Trinajstić information content (AvgIpc) is 3.12. The maximum absolute atomic E-state index is 5.27. The Morgan fingerprint density at radius 2 is 1.89 bits per heavy atom. The number of pyridine rings is 1. The molecule has 2 aromatic rings. The summed E-state index contributed by atoms with van der Waals surface area (Å²) in [4.78, 5) is 15.3. The number of hydrogen-bond donors (Lipinski definition) is 2. The van der Waals surface area contributed by atoms with E-state index in [0.29, 0.717) is 42.5 Å². The van der Waals surface area contributed by atoms with Crippen molar-refractivity contribution in [3.63, 3.8) is 0 Å². The van der Waals surface area contributed by atoms with Gasteiger partial charge in [-0.25, -0.2) is 0 Å². The van der Waals surface area contributed by atoms with Crippen molar-refractivity contribution in [1.82, 2.24) is 30.7 Å². The van der Waals surface area contributed by atoms with Crippen LogP contribution in [0.25, 0.3) is 11.6 Å². The van der Waals surface area contributed by atoms with Crippen molar-refractivity contribution in [1.29, 1.82) is 0 Å². The second kappa shape index (κ2) is 10.6. The topological polar surface area (TPSA) is 91.5 Å². The SMILES string of the molecule is CN=C(NCCc1noc(-c2ccccn2)n1)NCCN(C(C)C)C(C)C. The molecule has 148 valence electrons. The van der Waals surface area contributed by atoms with Crippen molar-refractivity contribution < 1.29 is 4.52 Å². The summed E-state index contributed by atoms with van der Waals surface area (Å²) in [5.41, 5.74) is 0.682. The normalized spacial score (nSPS) is 12.2. The van der Waals surface area contributed by atoms with Gasteiger partial charge >= 0.3 is 0 Å². The van der Waals surface area contributed by atoms with Crippen LogP contribution in [-0.4, -0.2) is 64.7 Å². The zero-order chi connectivity index (χ0) is 19.6. The van der Waals surface area contributed by atoms with Gasteiger partial charge in [0.1, 0.15) is 5.69 Å². The molecule has 0 aromatic carbocycles. The maximum Gasteiger partial charge on any atom is 0.276 e. The lowest BCUT2D eigenvalue weighted by Crippen LogP contribution is -2.45. The molecule has 2 N–H and O–H groups in total. The van der Waals surface area contributed by atoms with E-state index in [-0.39, 0.29) is 0 Å². The molecule has 0 saturated carbocycles. The smallest absolute Gasteiger partial charge is 0.276 e. The van der Waals surface area contributed by atoms with Gasteiger partial charge in [-0.1, -0.05) is 11.2 Å². The zero-order valence-electron chi connectivity index (χ0n) is 16.9. The Hall–Kier alpha value is -2.48. The van der Waals surface area contributed by atoms with Gasteiger partial charge in [0.2, 0.25) is 0 Å². The van der Waals surface area contributed by atoms with Crippen LogP contribution in [0.5, 0.6) is 0 Å². The van der Waals surface area contributed by atoms with E-state index < -0.39 is 0 Å². The molecule has 0 fully saturated rings. The van der Waals surface area contributed by atoms with Crippen LogP contribution < -0.4 is 10.6 Å². The van der Waals surface area contributed by atoms with Gasteiger partial charge in [-0.15, -0.1) is 0 Å². The van der Waals surface area contributed by atoms with Crippen LogP contribution in [0.1, 0.15) is 33.5 Å². The van der Waals surface area contributed by atoms with Crippen LogP contribution in [0.15, 0.2) is 33.9 Å². The van der Waals surface area contributed by atoms with E-state index in [1.165, 1.54) is 0 Å². The highest BCUT2D eigenvalue weighted by atomic mass is 16.5. The first kappa shape index (κ1) is 20.8. The lowest BCUT2D eigenvalue weighted by Gasteiger charge is -2.30. The average molecular weight is 374 g/mol. The van der Waals surface area contributed by atoms with Gasteiger partial charge in [0.25, 0.3) is 5.89 Å². The van der Waals surface area contributed by atoms with E-state index in [1.807, 2.05) is 18.2 Å². The second-order valence-electron chi connectivity index (χ2n) is 6.83. The van der Waals surface area contributed by atoms with Crippen LogP contribution in [0.4, 0.5) is 0 Å². The first-order valence-corrected chi connectivity index (χ1v) is 9.45. The molecule has 0 aliphatic heterocycles. The molecule has 0 aliphatic carbocycles. The number of nitrogens with zero attached hydrogens (tertiary/aromatic N) is 5. The summed E-state index contributed by atoms with van der Waals surface area (Å²) in [6.45, 7) is 11.3. The molecule has 0 atom stereocenters. The first-order chi connectivity index (χ1) is 13.0. The molecule has 0 bridgehead atoms. The Bertz CT molecular complexity index is 689. The van der Waals surface area contributed by atoms with Gasteiger partial charge in [-0.3, -0.25) is 14.9 Å². The molecular formula is C19H31N7O. The number of hydrogen-bond acceptors (Lipinski definition) is 6. The fourth-order valence-corrected chi connectivity index (χ4v) is 2.88. The molecule has 0 spiro atoms. The summed E-state index contributed by atoms with van der Waals surface area (Å²) in [6, 6.07) is 6.63. The van der Waals surface area contributed by atoms with Gasteiger partial charge in [-0.05, 0) is 39.8 Å². The van der Waals surface area contributed by atoms with Crippen LogP contribution in [0.2, 0.25) is 0 Å². The van der Waals surface area contributed by atoms with Crippen molar-refractivity contribution in [3.8, 4) is 11.6 Å². The van der Waals surface area contributed by atoms with Gasteiger partial charge in [-0.2, -0.15) is 4.98 Å². The molecule has 0 amide bonds. The minimum Gasteiger partial charge on any atom is -0.356 e. The van der Waals surface area contributed by atoms with Crippen molar-refractivity contribution in [2.75, 3.05) is 26.7 Å². The molecule has 2 aromatic heterocycles. The summed E-state index contributed by atoms with van der Waals surface area (Å²) < 4.78 is 5.27. The van der Waals surface area contributed by atoms with E-state index >= 15 is 0 Å². The fraction of sp³-hybridized carbons (Fsp3) is 0.579. The van der Waals surface area contributed by atoms with Gasteiger partial charge in [0.15, 0.2) is 11.8 Å². The van der Waals surface area contributed by atoms with Crippen molar-refractivity contribution in [2.24, 2.45) is 4.99 Å². The summed E-state index contributed by atoms with van der Waals surface area (Å²) >= 11 is 0. The highest BCUT2D eigenvalue weighted by Gasteiger charge is 2.13. The monoisotopic (exact) mass is 373 g/mol. The van der Waals surface area contributed by atoms with Gasteiger partial charge in [0.05, 0.1) is 0 Å². The standard InChI is InChI=1S/C19H31N7O/c1-14(2)26(15(3)4)13-12-23-19(20-5)22-11-9-17-24-18(27-25-17)16-8-6-7-10-21-16/h6-8,10,14-15H,9,11-13H2,1-5H3,(H2,20,22,23). The predicted octanol–water partition coefficient (Wildman–Crippen LogP) is 1.96. The third kappa shape index (κ3) is 6.63. The van der Waals surface area contributed by atoms with Crippen LogP contribution >= 0.6 is 0 Å². The zero-order valence-corrected chi connectivity index (χ0v) is 16.9. The molecule has 0 aliphatic rings. The Kier molecular flexibility index (Phi) is 8.19. The van der Waals surface area contributed by atoms with Gasteiger partial charge in [0, 0.05) is 51.4 Å². The lowest BCUT2D eigenvalue weighted by atomic mass is 10.2. The Balaban J connectivity index is 1.74. The molecule has 2 rings (SSSR count). The van der Waals surface area contributed by atoms with Crippen molar-refractivity contribution in [3.05, 3.63) is 30.2 Å². The van der Waals surface area contributed by atoms with Crippen molar-refractivity contribution in [2.45, 2.75) is 46.2 Å². The molecule has 8 nitrogen and oxygen atoms in total. The number of rotatable bonds is 9. The third-order valence-corrected chi connectivity index (χ3v) is 4.21. The maximum atomic E-state index is 5.27. The predicted molar refractivity (Wildman–Crippen MR) is 108 cm³/mol. The van der Waals surface area contributed by atoms with E-state index in [0.717, 1.165) is 19.0 Å². The largest absolute Gasteiger partial charge is 0.356 e. The molecule has 0 saturated heterocycles. The summed E-state index contributed by atoms with van der Waals surface area (Å²) in [7, 11) is 1.77. The lowest BCUT2D eigenvalue weighted by molar-refractivity contribution is 0.178.